The fourth-order valence-corrected chi connectivity index (χ4v) is 3.56. The highest BCUT2D eigenvalue weighted by Gasteiger charge is 2.24. The summed E-state index contributed by atoms with van der Waals surface area (Å²) in [4.78, 5) is 27.4. The second-order valence-corrected chi connectivity index (χ2v) is 8.04. The molecule has 1 N–H and O–H groups in total. The van der Waals surface area contributed by atoms with Crippen LogP contribution in [-0.4, -0.2) is 40.1 Å². The van der Waals surface area contributed by atoms with Crippen LogP contribution >= 0.6 is 0 Å². The molecule has 4 aromatic rings. The molecular weight excluding hydrogens is 416 g/mol. The monoisotopic (exact) mass is 442 g/mol. The minimum absolute atomic E-state index is 0.0979. The summed E-state index contributed by atoms with van der Waals surface area (Å²) in [6.45, 7) is 5.68. The molecule has 7 heteroatoms. The van der Waals surface area contributed by atoms with E-state index in [1.165, 1.54) is 4.90 Å². The molecule has 0 radical (unpaired) electrons. The molecule has 0 spiro atoms. The van der Waals surface area contributed by atoms with Gasteiger partial charge in [-0.05, 0) is 62.2 Å². The summed E-state index contributed by atoms with van der Waals surface area (Å²) >= 11 is 0. The summed E-state index contributed by atoms with van der Waals surface area (Å²) in [7, 11) is 1.60. The number of furan rings is 1. The van der Waals surface area contributed by atoms with E-state index in [2.05, 4.69) is 10.4 Å². The van der Waals surface area contributed by atoms with Crippen LogP contribution in [0.4, 0.5) is 5.69 Å². The molecule has 168 valence electrons. The molecule has 2 aromatic carbocycles. The van der Waals surface area contributed by atoms with E-state index in [1.54, 1.807) is 24.0 Å². The number of amides is 2. The van der Waals surface area contributed by atoms with Gasteiger partial charge in [-0.1, -0.05) is 30.3 Å². The molecule has 7 nitrogen and oxygen atoms in total. The van der Waals surface area contributed by atoms with E-state index < -0.39 is 0 Å². The average Bonchev–Trinajstić information content (AvgIpc) is 3.43. The minimum Gasteiger partial charge on any atom is -0.460 e. The maximum Gasteiger partial charge on any atom is 0.258 e. The summed E-state index contributed by atoms with van der Waals surface area (Å²) in [5.41, 5.74) is 4.43. The van der Waals surface area contributed by atoms with Crippen molar-refractivity contribution in [1.29, 1.82) is 0 Å². The number of para-hydroxylation sites is 1. The molecule has 0 aliphatic rings. The Morgan fingerprint density at radius 1 is 1.00 bits per heavy atom. The first-order valence-electron chi connectivity index (χ1n) is 10.7. The zero-order valence-electron chi connectivity index (χ0n) is 19.1. The molecular formula is C26H26N4O3. The number of carbonyl (C=O) groups excluding carboxylic acids is 2. The highest BCUT2D eigenvalue weighted by Crippen LogP contribution is 2.26. The van der Waals surface area contributed by atoms with Gasteiger partial charge in [-0.2, -0.15) is 5.10 Å². The van der Waals surface area contributed by atoms with E-state index in [9.17, 15) is 9.59 Å². The number of nitrogens with one attached hydrogen (secondary N) is 1. The quantitative estimate of drug-likeness (QED) is 0.467. The Labute approximate surface area is 192 Å². The summed E-state index contributed by atoms with van der Waals surface area (Å²) in [6.07, 6.45) is 1.67. The fraction of sp³-hybridized carbons (Fsp3) is 0.192. The van der Waals surface area contributed by atoms with Crippen LogP contribution in [0.1, 0.15) is 27.2 Å². The Balaban J connectivity index is 1.59. The minimum atomic E-state index is -0.322. The Bertz CT molecular complexity index is 1300. The Morgan fingerprint density at radius 3 is 2.45 bits per heavy atom. The number of aryl methyl sites for hydroxylation is 2. The van der Waals surface area contributed by atoms with Gasteiger partial charge < -0.3 is 14.6 Å². The Kier molecular flexibility index (Phi) is 6.13. The first kappa shape index (κ1) is 22.1. The lowest BCUT2D eigenvalue weighted by molar-refractivity contribution is -0.116. The van der Waals surface area contributed by atoms with Crippen molar-refractivity contribution in [2.75, 3.05) is 18.9 Å². The molecule has 0 saturated carbocycles. The molecule has 0 aliphatic heterocycles. The van der Waals surface area contributed by atoms with Crippen molar-refractivity contribution < 1.29 is 14.0 Å². The number of rotatable bonds is 6. The van der Waals surface area contributed by atoms with Crippen LogP contribution in [0, 0.1) is 20.8 Å². The van der Waals surface area contributed by atoms with Crippen LogP contribution in [0.25, 0.3) is 17.1 Å². The lowest BCUT2D eigenvalue weighted by Gasteiger charge is -2.17. The first-order valence-corrected chi connectivity index (χ1v) is 10.7. The van der Waals surface area contributed by atoms with Gasteiger partial charge in [0.15, 0.2) is 5.76 Å². The van der Waals surface area contributed by atoms with E-state index in [1.807, 2.05) is 75.4 Å². The van der Waals surface area contributed by atoms with Gasteiger partial charge in [0.1, 0.15) is 11.5 Å². The Hall–Kier alpha value is -4.13. The normalized spacial score (nSPS) is 10.8. The molecule has 2 aromatic heterocycles. The highest BCUT2D eigenvalue weighted by molar-refractivity contribution is 6.02. The van der Waals surface area contributed by atoms with E-state index in [0.717, 1.165) is 28.3 Å². The van der Waals surface area contributed by atoms with Crippen molar-refractivity contribution in [2.45, 2.75) is 20.8 Å². The van der Waals surface area contributed by atoms with Crippen LogP contribution in [0.15, 0.2) is 71.3 Å². The second-order valence-electron chi connectivity index (χ2n) is 8.04. The van der Waals surface area contributed by atoms with Gasteiger partial charge >= 0.3 is 0 Å². The van der Waals surface area contributed by atoms with Crippen molar-refractivity contribution in [3.05, 3.63) is 89.3 Å². The largest absolute Gasteiger partial charge is 0.460 e. The Morgan fingerprint density at radius 2 is 1.76 bits per heavy atom. The number of anilines is 1. The van der Waals surface area contributed by atoms with Crippen molar-refractivity contribution in [2.24, 2.45) is 0 Å². The molecule has 2 heterocycles. The number of likely N-dealkylation sites (N-methyl/N-ethyl adjacent to an activating group) is 1. The van der Waals surface area contributed by atoms with E-state index in [-0.39, 0.29) is 18.4 Å². The predicted molar refractivity (Wildman–Crippen MR) is 128 cm³/mol. The zero-order chi connectivity index (χ0) is 23.5. The number of hydrogen-bond donors (Lipinski definition) is 1. The summed E-state index contributed by atoms with van der Waals surface area (Å²) in [6, 6.07) is 18.9. The molecule has 0 saturated heterocycles. The predicted octanol–water partition coefficient (Wildman–Crippen LogP) is 4.77. The van der Waals surface area contributed by atoms with Gasteiger partial charge in [-0.15, -0.1) is 0 Å². The molecule has 4 rings (SSSR count). The van der Waals surface area contributed by atoms with E-state index in [0.29, 0.717) is 17.0 Å². The van der Waals surface area contributed by atoms with Crippen LogP contribution in [-0.2, 0) is 4.79 Å². The van der Waals surface area contributed by atoms with Gasteiger partial charge in [-0.25, -0.2) is 4.68 Å². The molecule has 0 unspecified atom stereocenters. The third-order valence-corrected chi connectivity index (χ3v) is 5.55. The third-order valence-electron chi connectivity index (χ3n) is 5.55. The van der Waals surface area contributed by atoms with Crippen LogP contribution in [0.3, 0.4) is 0 Å². The molecule has 0 fully saturated rings. The number of nitrogens with zero attached hydrogens (tertiary/aromatic N) is 3. The van der Waals surface area contributed by atoms with Gasteiger partial charge in [0.25, 0.3) is 5.91 Å². The maximum atomic E-state index is 13.4. The lowest BCUT2D eigenvalue weighted by Crippen LogP contribution is -2.35. The number of hydrogen-bond acceptors (Lipinski definition) is 4. The van der Waals surface area contributed by atoms with Crippen LogP contribution < -0.4 is 5.32 Å². The number of aromatic nitrogens is 2. The summed E-state index contributed by atoms with van der Waals surface area (Å²) in [5, 5.41) is 7.51. The fourth-order valence-electron chi connectivity index (χ4n) is 3.56. The smallest absolute Gasteiger partial charge is 0.258 e. The van der Waals surface area contributed by atoms with Crippen molar-refractivity contribution in [1.82, 2.24) is 14.7 Å². The zero-order valence-corrected chi connectivity index (χ0v) is 19.1. The van der Waals surface area contributed by atoms with Crippen LogP contribution in [0.2, 0.25) is 0 Å². The van der Waals surface area contributed by atoms with Gasteiger partial charge in [0.05, 0.1) is 17.8 Å². The summed E-state index contributed by atoms with van der Waals surface area (Å²) in [5.74, 6) is 0.625. The van der Waals surface area contributed by atoms with Crippen LogP contribution in [0.5, 0.6) is 0 Å². The van der Waals surface area contributed by atoms with Gasteiger partial charge in [0, 0.05) is 18.9 Å². The second kappa shape index (κ2) is 9.16. The lowest BCUT2D eigenvalue weighted by atomic mass is 10.1. The topological polar surface area (TPSA) is 80.4 Å². The van der Waals surface area contributed by atoms with Gasteiger partial charge in [0.2, 0.25) is 5.91 Å². The van der Waals surface area contributed by atoms with Crippen molar-refractivity contribution in [3.8, 4) is 17.1 Å². The number of benzene rings is 2. The third kappa shape index (κ3) is 4.72. The summed E-state index contributed by atoms with van der Waals surface area (Å²) < 4.78 is 7.39. The maximum absolute atomic E-state index is 13.4. The SMILES string of the molecule is Cc1ccc(-c2nn(-c3ccccc3)cc2C(=O)N(C)CC(=O)Nc2cccc(C)c2C)o1. The van der Waals surface area contributed by atoms with Crippen molar-refractivity contribution in [3.63, 3.8) is 0 Å². The standard InChI is InChI=1S/C26H26N4O3/c1-17-9-8-12-22(19(17)3)27-24(31)16-29(4)26(32)21-15-30(20-10-6-5-7-11-20)28-25(21)23-14-13-18(2)33-23/h5-15H,16H2,1-4H3,(H,27,31). The number of carbonyl (C=O) groups is 2. The van der Waals surface area contributed by atoms with Crippen molar-refractivity contribution >= 4 is 17.5 Å². The van der Waals surface area contributed by atoms with E-state index >= 15 is 0 Å². The van der Waals surface area contributed by atoms with E-state index in [4.69, 9.17) is 4.42 Å². The average molecular weight is 443 g/mol. The molecule has 2 amide bonds. The highest BCUT2D eigenvalue weighted by atomic mass is 16.3. The first-order chi connectivity index (χ1) is 15.8. The molecule has 33 heavy (non-hydrogen) atoms. The molecule has 0 bridgehead atoms. The molecule has 0 aliphatic carbocycles. The molecule has 0 atom stereocenters. The van der Waals surface area contributed by atoms with Gasteiger partial charge in [-0.3, -0.25) is 9.59 Å².